The van der Waals surface area contributed by atoms with Crippen LogP contribution in [0.5, 0.6) is 0 Å². The molecule has 1 aliphatic carbocycles. The topological polar surface area (TPSA) is 55.1 Å². The Morgan fingerprint density at radius 2 is 2.18 bits per heavy atom. The van der Waals surface area contributed by atoms with Crippen LogP contribution in [0.3, 0.4) is 0 Å². The van der Waals surface area contributed by atoms with Crippen LogP contribution in [0, 0.1) is 0 Å². The molecular formula is C8H16N2O. The van der Waals surface area contributed by atoms with E-state index < -0.39 is 0 Å². The molecule has 0 aromatic heterocycles. The lowest BCUT2D eigenvalue weighted by molar-refractivity contribution is -0.118. The minimum absolute atomic E-state index is 0.0694. The summed E-state index contributed by atoms with van der Waals surface area (Å²) in [6, 6.07) is 0.442. The highest BCUT2D eigenvalue weighted by Gasteiger charge is 2.43. The SMILES string of the molecule is CC(C)NC1(CC(N)=O)CC1. The van der Waals surface area contributed by atoms with E-state index in [-0.39, 0.29) is 11.4 Å². The summed E-state index contributed by atoms with van der Waals surface area (Å²) >= 11 is 0. The molecule has 0 radical (unpaired) electrons. The van der Waals surface area contributed by atoms with Crippen LogP contribution in [0.2, 0.25) is 0 Å². The van der Waals surface area contributed by atoms with Crippen molar-refractivity contribution in [2.24, 2.45) is 5.73 Å². The van der Waals surface area contributed by atoms with Gasteiger partial charge in [-0.2, -0.15) is 0 Å². The summed E-state index contributed by atoms with van der Waals surface area (Å²) in [7, 11) is 0. The Morgan fingerprint density at radius 1 is 1.64 bits per heavy atom. The number of hydrogen-bond acceptors (Lipinski definition) is 2. The summed E-state index contributed by atoms with van der Waals surface area (Å²) in [4.78, 5) is 10.6. The molecule has 1 amide bonds. The molecule has 0 aliphatic heterocycles. The fourth-order valence-electron chi connectivity index (χ4n) is 1.47. The molecule has 1 rings (SSSR count). The highest BCUT2D eigenvalue weighted by Crippen LogP contribution is 2.38. The predicted molar refractivity (Wildman–Crippen MR) is 44.0 cm³/mol. The van der Waals surface area contributed by atoms with Crippen molar-refractivity contribution < 1.29 is 4.79 Å². The normalized spacial score (nSPS) is 20.3. The Hall–Kier alpha value is -0.570. The molecule has 0 spiro atoms. The molecule has 0 saturated heterocycles. The first-order valence-electron chi connectivity index (χ1n) is 4.10. The zero-order valence-corrected chi connectivity index (χ0v) is 7.18. The number of carbonyl (C=O) groups excluding carboxylic acids is 1. The summed E-state index contributed by atoms with van der Waals surface area (Å²) in [5.41, 5.74) is 5.18. The Morgan fingerprint density at radius 3 is 2.45 bits per heavy atom. The molecule has 3 N–H and O–H groups in total. The lowest BCUT2D eigenvalue weighted by Crippen LogP contribution is -2.39. The second-order valence-electron chi connectivity index (χ2n) is 3.72. The number of nitrogens with two attached hydrogens (primary N) is 1. The first-order chi connectivity index (χ1) is 5.04. The summed E-state index contributed by atoms with van der Waals surface area (Å²) in [6.45, 7) is 4.17. The lowest BCUT2D eigenvalue weighted by Gasteiger charge is -2.18. The predicted octanol–water partition coefficient (Wildman–Crippen LogP) is 0.392. The first kappa shape index (κ1) is 8.53. The number of primary amides is 1. The average Bonchev–Trinajstić information content (AvgIpc) is 2.43. The van der Waals surface area contributed by atoms with Crippen LogP contribution >= 0.6 is 0 Å². The molecule has 1 saturated carbocycles. The Kier molecular flexibility index (Phi) is 2.18. The van der Waals surface area contributed by atoms with Gasteiger partial charge in [-0.25, -0.2) is 0 Å². The molecule has 11 heavy (non-hydrogen) atoms. The van der Waals surface area contributed by atoms with Gasteiger partial charge >= 0.3 is 0 Å². The Balaban J connectivity index is 2.35. The minimum atomic E-state index is -0.198. The van der Waals surface area contributed by atoms with Crippen molar-refractivity contribution in [3.05, 3.63) is 0 Å². The van der Waals surface area contributed by atoms with Gasteiger partial charge in [0.2, 0.25) is 5.91 Å². The van der Waals surface area contributed by atoms with Crippen molar-refractivity contribution in [1.29, 1.82) is 0 Å². The van der Waals surface area contributed by atoms with E-state index in [1.807, 2.05) is 0 Å². The summed E-state index contributed by atoms with van der Waals surface area (Å²) in [6.07, 6.45) is 2.67. The monoisotopic (exact) mass is 156 g/mol. The smallest absolute Gasteiger partial charge is 0.219 e. The van der Waals surface area contributed by atoms with Crippen molar-refractivity contribution in [3.63, 3.8) is 0 Å². The minimum Gasteiger partial charge on any atom is -0.370 e. The van der Waals surface area contributed by atoms with Crippen LogP contribution in [0.25, 0.3) is 0 Å². The Labute approximate surface area is 67.3 Å². The number of nitrogens with one attached hydrogen (secondary N) is 1. The zero-order valence-electron chi connectivity index (χ0n) is 7.18. The third-order valence-electron chi connectivity index (χ3n) is 1.96. The van der Waals surface area contributed by atoms with E-state index in [1.54, 1.807) is 0 Å². The third kappa shape index (κ3) is 2.50. The van der Waals surface area contributed by atoms with E-state index in [2.05, 4.69) is 19.2 Å². The van der Waals surface area contributed by atoms with E-state index in [4.69, 9.17) is 5.73 Å². The second kappa shape index (κ2) is 2.81. The average molecular weight is 156 g/mol. The van der Waals surface area contributed by atoms with Crippen molar-refractivity contribution in [3.8, 4) is 0 Å². The van der Waals surface area contributed by atoms with Crippen LogP contribution in [0.15, 0.2) is 0 Å². The highest BCUT2D eigenvalue weighted by atomic mass is 16.1. The van der Waals surface area contributed by atoms with Gasteiger partial charge in [0.05, 0.1) is 0 Å². The fourth-order valence-corrected chi connectivity index (χ4v) is 1.47. The number of rotatable bonds is 4. The van der Waals surface area contributed by atoms with Crippen LogP contribution in [0.4, 0.5) is 0 Å². The van der Waals surface area contributed by atoms with E-state index in [0.717, 1.165) is 12.8 Å². The first-order valence-corrected chi connectivity index (χ1v) is 4.10. The summed E-state index contributed by atoms with van der Waals surface area (Å²) in [5, 5.41) is 3.36. The molecule has 0 heterocycles. The molecular weight excluding hydrogens is 140 g/mol. The van der Waals surface area contributed by atoms with Crippen LogP contribution < -0.4 is 11.1 Å². The molecule has 3 nitrogen and oxygen atoms in total. The quantitative estimate of drug-likeness (QED) is 0.618. The van der Waals surface area contributed by atoms with Gasteiger partial charge in [0.1, 0.15) is 0 Å². The van der Waals surface area contributed by atoms with Crippen LogP contribution in [-0.4, -0.2) is 17.5 Å². The molecule has 1 fully saturated rings. The fraction of sp³-hybridized carbons (Fsp3) is 0.875. The van der Waals surface area contributed by atoms with Gasteiger partial charge < -0.3 is 11.1 Å². The maximum Gasteiger partial charge on any atom is 0.219 e. The van der Waals surface area contributed by atoms with Crippen molar-refractivity contribution >= 4 is 5.91 Å². The van der Waals surface area contributed by atoms with E-state index in [9.17, 15) is 4.79 Å². The van der Waals surface area contributed by atoms with Crippen molar-refractivity contribution in [2.45, 2.75) is 44.7 Å². The van der Waals surface area contributed by atoms with E-state index >= 15 is 0 Å². The maximum atomic E-state index is 10.6. The molecule has 3 heteroatoms. The van der Waals surface area contributed by atoms with Gasteiger partial charge in [-0.15, -0.1) is 0 Å². The third-order valence-corrected chi connectivity index (χ3v) is 1.96. The molecule has 0 atom stereocenters. The Bertz CT molecular complexity index is 161. The highest BCUT2D eigenvalue weighted by molar-refractivity contribution is 5.75. The van der Waals surface area contributed by atoms with Gasteiger partial charge in [-0.3, -0.25) is 4.79 Å². The molecule has 0 aromatic carbocycles. The van der Waals surface area contributed by atoms with Gasteiger partial charge in [0.15, 0.2) is 0 Å². The van der Waals surface area contributed by atoms with Gasteiger partial charge in [-0.1, -0.05) is 13.8 Å². The molecule has 1 aliphatic rings. The van der Waals surface area contributed by atoms with Crippen molar-refractivity contribution in [2.75, 3.05) is 0 Å². The standard InChI is InChI=1S/C8H16N2O/c1-6(2)10-8(3-4-8)5-7(9)11/h6,10H,3-5H2,1-2H3,(H2,9,11). The molecule has 0 unspecified atom stereocenters. The summed E-state index contributed by atoms with van der Waals surface area (Å²) in [5.74, 6) is -0.198. The maximum absolute atomic E-state index is 10.6. The van der Waals surface area contributed by atoms with Crippen LogP contribution in [0.1, 0.15) is 33.1 Å². The van der Waals surface area contributed by atoms with Crippen molar-refractivity contribution in [1.82, 2.24) is 5.32 Å². The zero-order chi connectivity index (χ0) is 8.48. The summed E-state index contributed by atoms with van der Waals surface area (Å²) < 4.78 is 0. The number of hydrogen-bond donors (Lipinski definition) is 2. The second-order valence-corrected chi connectivity index (χ2v) is 3.72. The van der Waals surface area contributed by atoms with E-state index in [1.165, 1.54) is 0 Å². The van der Waals surface area contributed by atoms with Gasteiger partial charge in [-0.05, 0) is 12.8 Å². The van der Waals surface area contributed by atoms with Gasteiger partial charge in [0, 0.05) is 18.0 Å². The lowest BCUT2D eigenvalue weighted by atomic mass is 10.1. The molecule has 0 aromatic rings. The molecule has 0 bridgehead atoms. The number of amides is 1. The van der Waals surface area contributed by atoms with Gasteiger partial charge in [0.25, 0.3) is 0 Å². The van der Waals surface area contributed by atoms with E-state index in [0.29, 0.717) is 12.5 Å². The molecule has 64 valence electrons. The largest absolute Gasteiger partial charge is 0.370 e. The number of carbonyl (C=O) groups is 1. The van der Waals surface area contributed by atoms with Crippen LogP contribution in [-0.2, 0) is 4.79 Å².